The van der Waals surface area contributed by atoms with Gasteiger partial charge in [0.05, 0.1) is 13.5 Å². The Balaban J connectivity index is 1.63. The van der Waals surface area contributed by atoms with Gasteiger partial charge in [0.25, 0.3) is 5.91 Å². The second-order valence-corrected chi connectivity index (χ2v) is 5.86. The van der Waals surface area contributed by atoms with Crippen LogP contribution in [0, 0.1) is 0 Å². The van der Waals surface area contributed by atoms with Crippen LogP contribution in [0.5, 0.6) is 5.75 Å². The van der Waals surface area contributed by atoms with Crippen LogP contribution in [0.15, 0.2) is 54.6 Å². The van der Waals surface area contributed by atoms with E-state index in [0.717, 1.165) is 11.3 Å². The van der Waals surface area contributed by atoms with E-state index in [1.807, 2.05) is 30.3 Å². The zero-order valence-electron chi connectivity index (χ0n) is 15.3. The molecule has 0 bridgehead atoms. The van der Waals surface area contributed by atoms with Gasteiger partial charge in [-0.15, -0.1) is 0 Å². The number of carbonyl (C=O) groups is 3. The van der Waals surface area contributed by atoms with Crippen LogP contribution in [-0.4, -0.2) is 37.9 Å². The number of rotatable bonds is 10. The third-order valence-corrected chi connectivity index (χ3v) is 3.93. The number of ketones is 1. The molecule has 0 fully saturated rings. The average Bonchev–Trinajstić information content (AvgIpc) is 2.71. The molecule has 2 aromatic rings. The van der Waals surface area contributed by atoms with Crippen molar-refractivity contribution >= 4 is 17.7 Å². The highest BCUT2D eigenvalue weighted by atomic mass is 16.5. The molecular weight excluding hydrogens is 346 g/mol. The minimum atomic E-state index is -0.570. The minimum absolute atomic E-state index is 0.0534. The van der Waals surface area contributed by atoms with Crippen LogP contribution in [-0.2, 0) is 20.7 Å². The summed E-state index contributed by atoms with van der Waals surface area (Å²) in [7, 11) is 1.60. The fourth-order valence-corrected chi connectivity index (χ4v) is 2.50. The third kappa shape index (κ3) is 6.93. The van der Waals surface area contributed by atoms with Crippen LogP contribution in [0.2, 0.25) is 0 Å². The zero-order chi connectivity index (χ0) is 19.5. The SMILES string of the molecule is COc1ccccc1CCNC(=O)COC(=O)CCC(=O)c1ccccc1. The van der Waals surface area contributed by atoms with Crippen LogP contribution >= 0.6 is 0 Å². The standard InChI is InChI=1S/C21H23NO5/c1-26-19-10-6-5-9-17(19)13-14-22-20(24)15-27-21(25)12-11-18(23)16-7-3-2-4-8-16/h2-10H,11-15H2,1H3,(H,22,24). The van der Waals surface area contributed by atoms with Crippen molar-refractivity contribution in [3.05, 3.63) is 65.7 Å². The van der Waals surface area contributed by atoms with E-state index in [-0.39, 0.29) is 31.1 Å². The predicted molar refractivity (Wildman–Crippen MR) is 101 cm³/mol. The van der Waals surface area contributed by atoms with Gasteiger partial charge in [-0.1, -0.05) is 48.5 Å². The molecule has 0 atom stereocenters. The lowest BCUT2D eigenvalue weighted by molar-refractivity contribution is -0.148. The lowest BCUT2D eigenvalue weighted by atomic mass is 10.1. The first-order valence-corrected chi connectivity index (χ1v) is 8.72. The van der Waals surface area contributed by atoms with Crippen molar-refractivity contribution in [1.82, 2.24) is 5.32 Å². The molecule has 1 N–H and O–H groups in total. The van der Waals surface area contributed by atoms with Crippen molar-refractivity contribution in [3.8, 4) is 5.75 Å². The number of hydrogen-bond donors (Lipinski definition) is 1. The summed E-state index contributed by atoms with van der Waals surface area (Å²) in [5.74, 6) is -0.318. The quantitative estimate of drug-likeness (QED) is 0.514. The Bertz CT molecular complexity index is 773. The molecule has 0 aliphatic rings. The largest absolute Gasteiger partial charge is 0.496 e. The molecule has 2 rings (SSSR count). The first-order valence-electron chi connectivity index (χ1n) is 8.72. The molecule has 27 heavy (non-hydrogen) atoms. The Kier molecular flexibility index (Phi) is 8.03. The van der Waals surface area contributed by atoms with Crippen molar-refractivity contribution < 1.29 is 23.9 Å². The van der Waals surface area contributed by atoms with Crippen LogP contribution in [0.25, 0.3) is 0 Å². The number of hydrogen-bond acceptors (Lipinski definition) is 5. The molecule has 0 saturated carbocycles. The smallest absolute Gasteiger partial charge is 0.306 e. The molecule has 6 heteroatoms. The Labute approximate surface area is 158 Å². The lowest BCUT2D eigenvalue weighted by Crippen LogP contribution is -2.30. The summed E-state index contributed by atoms with van der Waals surface area (Å²) in [5.41, 5.74) is 1.54. The highest BCUT2D eigenvalue weighted by molar-refractivity contribution is 5.97. The van der Waals surface area contributed by atoms with Gasteiger partial charge in [-0.05, 0) is 18.1 Å². The molecule has 0 heterocycles. The summed E-state index contributed by atoms with van der Waals surface area (Å²) >= 11 is 0. The molecular formula is C21H23NO5. The van der Waals surface area contributed by atoms with Crippen molar-refractivity contribution in [2.24, 2.45) is 0 Å². The van der Waals surface area contributed by atoms with Crippen molar-refractivity contribution in [2.75, 3.05) is 20.3 Å². The van der Waals surface area contributed by atoms with Gasteiger partial charge in [0.2, 0.25) is 0 Å². The second kappa shape index (κ2) is 10.8. The summed E-state index contributed by atoms with van der Waals surface area (Å²) in [6.45, 7) is 0.0491. The summed E-state index contributed by atoms with van der Waals surface area (Å²) in [6, 6.07) is 16.3. The normalized spacial score (nSPS) is 10.1. The molecule has 2 aromatic carbocycles. The minimum Gasteiger partial charge on any atom is -0.496 e. The molecule has 0 aliphatic heterocycles. The average molecular weight is 369 g/mol. The molecule has 142 valence electrons. The van der Waals surface area contributed by atoms with Crippen LogP contribution in [0.3, 0.4) is 0 Å². The third-order valence-electron chi connectivity index (χ3n) is 3.93. The fourth-order valence-electron chi connectivity index (χ4n) is 2.50. The van der Waals surface area contributed by atoms with E-state index < -0.39 is 5.97 Å². The van der Waals surface area contributed by atoms with E-state index in [1.165, 1.54) is 0 Å². The number of para-hydroxylation sites is 1. The number of ether oxygens (including phenoxy) is 2. The second-order valence-electron chi connectivity index (χ2n) is 5.86. The number of carbonyl (C=O) groups excluding carboxylic acids is 3. The van der Waals surface area contributed by atoms with Crippen molar-refractivity contribution in [1.29, 1.82) is 0 Å². The number of nitrogens with one attached hydrogen (secondary N) is 1. The highest BCUT2D eigenvalue weighted by Gasteiger charge is 2.11. The molecule has 6 nitrogen and oxygen atoms in total. The van der Waals surface area contributed by atoms with E-state index in [0.29, 0.717) is 18.5 Å². The van der Waals surface area contributed by atoms with E-state index in [2.05, 4.69) is 5.32 Å². The Morgan fingerprint density at radius 2 is 1.63 bits per heavy atom. The molecule has 0 saturated heterocycles. The van der Waals surface area contributed by atoms with Crippen LogP contribution in [0.4, 0.5) is 0 Å². The van der Waals surface area contributed by atoms with Gasteiger partial charge < -0.3 is 14.8 Å². The number of esters is 1. The maximum Gasteiger partial charge on any atom is 0.306 e. The summed E-state index contributed by atoms with van der Waals surface area (Å²) < 4.78 is 10.2. The van der Waals surface area contributed by atoms with Gasteiger partial charge in [0.1, 0.15) is 5.75 Å². The van der Waals surface area contributed by atoms with E-state index in [9.17, 15) is 14.4 Å². The summed E-state index contributed by atoms with van der Waals surface area (Å²) in [4.78, 5) is 35.4. The van der Waals surface area contributed by atoms with Gasteiger partial charge in [0, 0.05) is 18.5 Å². The monoisotopic (exact) mass is 369 g/mol. The first-order chi connectivity index (χ1) is 13.1. The summed E-state index contributed by atoms with van der Waals surface area (Å²) in [6.07, 6.45) is 0.607. The highest BCUT2D eigenvalue weighted by Crippen LogP contribution is 2.17. The Hall–Kier alpha value is -3.15. The van der Waals surface area contributed by atoms with Crippen molar-refractivity contribution in [3.63, 3.8) is 0 Å². The Morgan fingerprint density at radius 3 is 2.37 bits per heavy atom. The number of Topliss-reactive ketones (excluding diaryl/α,β-unsaturated/α-hetero) is 1. The van der Waals surface area contributed by atoms with Gasteiger partial charge in [0.15, 0.2) is 12.4 Å². The number of benzene rings is 2. The van der Waals surface area contributed by atoms with Crippen LogP contribution < -0.4 is 10.1 Å². The molecule has 0 aliphatic carbocycles. The number of methoxy groups -OCH3 is 1. The molecule has 0 spiro atoms. The molecule has 1 amide bonds. The van der Waals surface area contributed by atoms with Gasteiger partial charge >= 0.3 is 5.97 Å². The summed E-state index contributed by atoms with van der Waals surface area (Å²) in [5, 5.41) is 2.69. The van der Waals surface area contributed by atoms with Gasteiger partial charge in [-0.25, -0.2) is 0 Å². The lowest BCUT2D eigenvalue weighted by Gasteiger charge is -2.09. The fraction of sp³-hybridized carbons (Fsp3) is 0.286. The van der Waals surface area contributed by atoms with Crippen LogP contribution in [0.1, 0.15) is 28.8 Å². The van der Waals surface area contributed by atoms with E-state index in [4.69, 9.17) is 9.47 Å². The first kappa shape index (κ1) is 20.2. The van der Waals surface area contributed by atoms with E-state index >= 15 is 0 Å². The zero-order valence-corrected chi connectivity index (χ0v) is 15.3. The van der Waals surface area contributed by atoms with Gasteiger partial charge in [-0.2, -0.15) is 0 Å². The maximum absolute atomic E-state index is 11.9. The molecule has 0 unspecified atom stereocenters. The van der Waals surface area contributed by atoms with Gasteiger partial charge in [-0.3, -0.25) is 14.4 Å². The number of amides is 1. The Morgan fingerprint density at radius 1 is 0.926 bits per heavy atom. The van der Waals surface area contributed by atoms with Crippen molar-refractivity contribution in [2.45, 2.75) is 19.3 Å². The van der Waals surface area contributed by atoms with E-state index in [1.54, 1.807) is 31.4 Å². The maximum atomic E-state index is 11.9. The topological polar surface area (TPSA) is 81.7 Å². The molecule has 0 radical (unpaired) electrons. The molecule has 0 aromatic heterocycles. The predicted octanol–water partition coefficient (Wildman–Crippen LogP) is 2.56.